The number of amides is 1. The molecule has 9 nitrogen and oxygen atoms in total. The maximum atomic E-state index is 13.7. The number of carbonyl (C=O) groups excluding carboxylic acids is 1. The van der Waals surface area contributed by atoms with Crippen molar-refractivity contribution >= 4 is 5.91 Å². The molecule has 0 radical (unpaired) electrons. The maximum Gasteiger partial charge on any atom is 0.254 e. The summed E-state index contributed by atoms with van der Waals surface area (Å²) in [6, 6.07) is 25.0. The fourth-order valence-corrected chi connectivity index (χ4v) is 7.32. The third kappa shape index (κ3) is 27.1. The topological polar surface area (TPSA) is 63.8 Å². The van der Waals surface area contributed by atoms with E-state index in [1.54, 1.807) is 0 Å². The van der Waals surface area contributed by atoms with E-state index in [0.717, 1.165) is 107 Å². The minimum absolute atomic E-state index is 0.113. The first-order valence-corrected chi connectivity index (χ1v) is 25.4. The van der Waals surface area contributed by atoms with Crippen LogP contribution in [0.25, 0.3) is 0 Å². The quantitative estimate of drug-likeness (QED) is 0.0580. The van der Waals surface area contributed by atoms with Crippen molar-refractivity contribution in [1.82, 2.24) is 29.8 Å². The fraction of sp³-hybridized carbons (Fsp3) is 0.655. The Labute approximate surface area is 393 Å². The molecule has 1 amide bonds. The summed E-state index contributed by atoms with van der Waals surface area (Å²) in [5.41, 5.74) is 4.53. The van der Waals surface area contributed by atoms with Gasteiger partial charge in [-0.2, -0.15) is 0 Å². The molecular weight excluding hydrogens is 793 g/mol. The van der Waals surface area contributed by atoms with Crippen LogP contribution in [0, 0.1) is 0 Å². The van der Waals surface area contributed by atoms with Gasteiger partial charge in [0.1, 0.15) is 11.5 Å². The molecule has 3 rings (SSSR count). The van der Waals surface area contributed by atoms with Crippen molar-refractivity contribution in [3.63, 3.8) is 0 Å². The Morgan fingerprint density at radius 2 is 0.906 bits per heavy atom. The average molecular weight is 887 g/mol. The van der Waals surface area contributed by atoms with E-state index in [2.05, 4.69) is 136 Å². The summed E-state index contributed by atoms with van der Waals surface area (Å²) in [5.74, 6) is 1.97. The molecule has 0 fully saturated rings. The number of carbonyl (C=O) groups is 1. The first kappa shape index (κ1) is 56.7. The van der Waals surface area contributed by atoms with E-state index in [-0.39, 0.29) is 5.91 Å². The van der Waals surface area contributed by atoms with Crippen LogP contribution in [0.2, 0.25) is 0 Å². The van der Waals surface area contributed by atoms with E-state index in [0.29, 0.717) is 13.2 Å². The first-order chi connectivity index (χ1) is 31.1. The summed E-state index contributed by atoms with van der Waals surface area (Å²) in [6.45, 7) is 24.8. The molecule has 0 heterocycles. The van der Waals surface area contributed by atoms with Gasteiger partial charge in [-0.15, -0.1) is 0 Å². The van der Waals surface area contributed by atoms with Crippen LogP contribution in [0.5, 0.6) is 11.5 Å². The van der Waals surface area contributed by atoms with Crippen LogP contribution in [0.3, 0.4) is 0 Å². The zero-order valence-electron chi connectivity index (χ0n) is 42.5. The van der Waals surface area contributed by atoms with E-state index in [1.165, 1.54) is 88.4 Å². The fourth-order valence-electron chi connectivity index (χ4n) is 7.32. The summed E-state index contributed by atoms with van der Waals surface area (Å²) >= 11 is 0. The van der Waals surface area contributed by atoms with E-state index in [4.69, 9.17) is 9.47 Å². The SMILES string of the molecule is CCCCN(CCCC)CCNCc1ccc(OCCCN(C)C)cc1.CCCCc1ccc(C(=O)N(CCN(CCCC)CCCC)Cc2ccc(OCCCN(C)C)cc2)cc1. The Balaban J connectivity index is 0.000000473. The summed E-state index contributed by atoms with van der Waals surface area (Å²) in [7, 11) is 8.34. The van der Waals surface area contributed by atoms with E-state index >= 15 is 0 Å². The van der Waals surface area contributed by atoms with Gasteiger partial charge in [-0.05, 0) is 159 Å². The zero-order valence-corrected chi connectivity index (χ0v) is 42.5. The summed E-state index contributed by atoms with van der Waals surface area (Å²) in [6.07, 6.45) is 15.4. The van der Waals surface area contributed by atoms with Crippen molar-refractivity contribution in [1.29, 1.82) is 0 Å². The van der Waals surface area contributed by atoms with Gasteiger partial charge >= 0.3 is 0 Å². The second-order valence-electron chi connectivity index (χ2n) is 18.1. The normalized spacial score (nSPS) is 11.4. The lowest BCUT2D eigenvalue weighted by Crippen LogP contribution is -2.39. The molecule has 0 aliphatic rings. The van der Waals surface area contributed by atoms with E-state index in [9.17, 15) is 4.79 Å². The number of nitrogens with zero attached hydrogens (tertiary/aromatic N) is 5. The predicted molar refractivity (Wildman–Crippen MR) is 274 cm³/mol. The van der Waals surface area contributed by atoms with Gasteiger partial charge in [-0.1, -0.05) is 103 Å². The number of hydrogen-bond donors (Lipinski definition) is 1. The van der Waals surface area contributed by atoms with Gasteiger partial charge in [-0.25, -0.2) is 0 Å². The van der Waals surface area contributed by atoms with Gasteiger partial charge in [0, 0.05) is 57.9 Å². The van der Waals surface area contributed by atoms with Crippen molar-refractivity contribution in [3.05, 3.63) is 95.1 Å². The van der Waals surface area contributed by atoms with Gasteiger partial charge < -0.3 is 39.3 Å². The minimum Gasteiger partial charge on any atom is -0.494 e. The molecule has 0 bridgehead atoms. The number of hydrogen-bond acceptors (Lipinski definition) is 8. The van der Waals surface area contributed by atoms with E-state index in [1.807, 2.05) is 29.2 Å². The van der Waals surface area contributed by atoms with Gasteiger partial charge in [0.15, 0.2) is 0 Å². The van der Waals surface area contributed by atoms with E-state index < -0.39 is 0 Å². The molecule has 3 aromatic carbocycles. The summed E-state index contributed by atoms with van der Waals surface area (Å²) in [5, 5.41) is 3.58. The first-order valence-electron chi connectivity index (χ1n) is 25.4. The number of nitrogens with one attached hydrogen (secondary N) is 1. The lowest BCUT2D eigenvalue weighted by Gasteiger charge is -2.28. The predicted octanol–water partition coefficient (Wildman–Crippen LogP) is 10.9. The number of unbranched alkanes of at least 4 members (excludes halogenated alkanes) is 5. The lowest BCUT2D eigenvalue weighted by molar-refractivity contribution is 0.0720. The van der Waals surface area contributed by atoms with Gasteiger partial charge in [0.2, 0.25) is 0 Å². The molecule has 0 aliphatic heterocycles. The van der Waals surface area contributed by atoms with Crippen molar-refractivity contribution < 1.29 is 14.3 Å². The van der Waals surface area contributed by atoms with Crippen LogP contribution < -0.4 is 14.8 Å². The Kier molecular flexibility index (Phi) is 32.5. The monoisotopic (exact) mass is 887 g/mol. The standard InChI is InChI=1S/C33H53N3O2.C22H41N3O/c1-6-9-13-29-14-18-31(19-15-29)33(37)36(26-25-35(23-10-7-2)24-11-8-3)28-30-16-20-32(21-17-30)38-27-12-22-34(4)5;1-5-7-16-25(17-8-6-2)18-14-23-20-21-10-12-22(13-11-21)26-19-9-15-24(3)4/h14-21H,6-13,22-28H2,1-5H3;10-13,23H,5-9,14-20H2,1-4H3. The number of ether oxygens (including phenoxy) is 2. The van der Waals surface area contributed by atoms with Crippen molar-refractivity contribution in [2.45, 2.75) is 131 Å². The molecule has 0 unspecified atom stereocenters. The Morgan fingerprint density at radius 1 is 0.469 bits per heavy atom. The maximum absolute atomic E-state index is 13.7. The van der Waals surface area contributed by atoms with Gasteiger partial charge in [-0.3, -0.25) is 4.79 Å². The molecular formula is C55H94N6O3. The summed E-state index contributed by atoms with van der Waals surface area (Å²) < 4.78 is 11.7. The molecule has 362 valence electrons. The van der Waals surface area contributed by atoms with Crippen molar-refractivity contribution in [2.24, 2.45) is 0 Å². The molecule has 3 aromatic rings. The highest BCUT2D eigenvalue weighted by Crippen LogP contribution is 2.18. The molecule has 0 atom stereocenters. The van der Waals surface area contributed by atoms with Crippen LogP contribution in [0.1, 0.15) is 139 Å². The number of rotatable bonds is 36. The molecule has 9 heteroatoms. The Morgan fingerprint density at radius 3 is 1.36 bits per heavy atom. The van der Waals surface area contributed by atoms with Crippen molar-refractivity contribution in [2.75, 3.05) is 107 Å². The Hall–Kier alpha value is -3.47. The lowest BCUT2D eigenvalue weighted by atomic mass is 10.1. The van der Waals surface area contributed by atoms with Crippen LogP contribution in [0.4, 0.5) is 0 Å². The largest absolute Gasteiger partial charge is 0.494 e. The second-order valence-corrected chi connectivity index (χ2v) is 18.1. The molecule has 0 spiro atoms. The van der Waals surface area contributed by atoms with Crippen LogP contribution in [0.15, 0.2) is 72.8 Å². The Bertz CT molecular complexity index is 1520. The smallest absolute Gasteiger partial charge is 0.254 e. The molecule has 0 saturated carbocycles. The second kappa shape index (κ2) is 36.7. The highest BCUT2D eigenvalue weighted by atomic mass is 16.5. The van der Waals surface area contributed by atoms with Gasteiger partial charge in [0.05, 0.1) is 13.2 Å². The third-order valence-electron chi connectivity index (χ3n) is 11.5. The zero-order chi connectivity index (χ0) is 46.6. The number of aryl methyl sites for hydroxylation is 1. The van der Waals surface area contributed by atoms with Crippen LogP contribution in [-0.2, 0) is 19.5 Å². The average Bonchev–Trinajstić information content (AvgIpc) is 3.30. The third-order valence-corrected chi connectivity index (χ3v) is 11.5. The highest BCUT2D eigenvalue weighted by molar-refractivity contribution is 5.94. The molecule has 0 aromatic heterocycles. The molecule has 0 saturated heterocycles. The van der Waals surface area contributed by atoms with Crippen LogP contribution in [-0.4, -0.2) is 137 Å². The van der Waals surface area contributed by atoms with Crippen molar-refractivity contribution in [3.8, 4) is 11.5 Å². The minimum atomic E-state index is 0.113. The summed E-state index contributed by atoms with van der Waals surface area (Å²) in [4.78, 5) is 25.2. The van der Waals surface area contributed by atoms with Gasteiger partial charge in [0.25, 0.3) is 5.91 Å². The highest BCUT2D eigenvalue weighted by Gasteiger charge is 2.18. The molecule has 0 aliphatic carbocycles. The van der Waals surface area contributed by atoms with Crippen LogP contribution >= 0.6 is 0 Å². The number of benzene rings is 3. The molecule has 1 N–H and O–H groups in total. The molecule has 64 heavy (non-hydrogen) atoms.